The Labute approximate surface area is 293 Å². The number of nitrogens with zero attached hydrogens (tertiary/aromatic N) is 3. The number of amides is 3. The van der Waals surface area contributed by atoms with Crippen molar-refractivity contribution < 1.29 is 33.5 Å². The molecule has 0 aromatic heterocycles. The molecule has 3 aliphatic heterocycles. The van der Waals surface area contributed by atoms with Crippen LogP contribution in [0.2, 0.25) is 5.02 Å². The summed E-state index contributed by atoms with van der Waals surface area (Å²) in [6, 6.07) is 15.0. The van der Waals surface area contributed by atoms with Crippen LogP contribution < -0.4 is 11.5 Å². The molecule has 0 saturated heterocycles. The predicted octanol–water partition coefficient (Wildman–Crippen LogP) is 4.08. The van der Waals surface area contributed by atoms with E-state index in [0.29, 0.717) is 37.1 Å². The minimum Gasteiger partial charge on any atom is -0.478 e. The number of carbonyl (C=O) groups excluding carboxylic acids is 3. The van der Waals surface area contributed by atoms with Crippen molar-refractivity contribution in [3.8, 4) is 0 Å². The van der Waals surface area contributed by atoms with Gasteiger partial charge in [0.25, 0.3) is 11.8 Å². The van der Waals surface area contributed by atoms with Crippen LogP contribution in [-0.4, -0.2) is 76.1 Å². The third-order valence-electron chi connectivity index (χ3n) is 9.81. The fraction of sp³-hybridized carbons (Fsp3) is 0.324. The minimum atomic E-state index is -1.87. The minimum absolute atomic E-state index is 0.00283. The highest BCUT2D eigenvalue weighted by Crippen LogP contribution is 2.45. The summed E-state index contributed by atoms with van der Waals surface area (Å²) in [5.41, 5.74) is 14.2. The Morgan fingerprint density at radius 3 is 2.36 bits per heavy atom. The number of halogens is 2. The Morgan fingerprint density at radius 2 is 1.72 bits per heavy atom. The number of oxime groups is 1. The zero-order valence-corrected chi connectivity index (χ0v) is 28.3. The number of rotatable bonds is 8. The summed E-state index contributed by atoms with van der Waals surface area (Å²) >= 11 is 5.98. The topological polar surface area (TPSA) is 169 Å². The summed E-state index contributed by atoms with van der Waals surface area (Å²) in [6.07, 6.45) is 1.58. The van der Waals surface area contributed by atoms with Crippen molar-refractivity contribution in [2.24, 2.45) is 22.5 Å². The second kappa shape index (κ2) is 13.7. The number of carboxylic acids is 1. The van der Waals surface area contributed by atoms with Crippen LogP contribution in [0.4, 0.5) is 4.39 Å². The highest BCUT2D eigenvalue weighted by Gasteiger charge is 2.54. The molecule has 0 aliphatic carbocycles. The predicted molar refractivity (Wildman–Crippen MR) is 185 cm³/mol. The van der Waals surface area contributed by atoms with Crippen molar-refractivity contribution in [3.63, 3.8) is 0 Å². The van der Waals surface area contributed by atoms with Crippen LogP contribution in [0.15, 0.2) is 71.9 Å². The first kappa shape index (κ1) is 34.8. The van der Waals surface area contributed by atoms with Gasteiger partial charge in [0.05, 0.1) is 22.3 Å². The van der Waals surface area contributed by atoms with E-state index in [4.69, 9.17) is 27.9 Å². The normalized spacial score (nSPS) is 20.8. The molecule has 0 saturated carbocycles. The number of benzene rings is 3. The van der Waals surface area contributed by atoms with Crippen LogP contribution in [0.3, 0.4) is 0 Å². The Kier molecular flexibility index (Phi) is 9.52. The number of fused-ring (bicyclic) bond motifs is 1. The molecule has 0 radical (unpaired) electrons. The number of hydrogen-bond acceptors (Lipinski definition) is 7. The van der Waals surface area contributed by atoms with E-state index in [-0.39, 0.29) is 46.7 Å². The van der Waals surface area contributed by atoms with E-state index >= 15 is 0 Å². The number of primary amides is 1. The maximum atomic E-state index is 14.9. The van der Waals surface area contributed by atoms with E-state index in [0.717, 1.165) is 16.7 Å². The molecule has 260 valence electrons. The summed E-state index contributed by atoms with van der Waals surface area (Å²) in [5, 5.41) is 13.5. The van der Waals surface area contributed by atoms with Crippen molar-refractivity contribution in [2.75, 3.05) is 19.6 Å². The van der Waals surface area contributed by atoms with Crippen molar-refractivity contribution in [2.45, 2.75) is 50.8 Å². The second-order valence-electron chi connectivity index (χ2n) is 13.0. The third-order valence-corrected chi connectivity index (χ3v) is 10.1. The number of carboxylic acid groups (broad SMARTS) is 1. The molecule has 0 unspecified atom stereocenters. The van der Waals surface area contributed by atoms with Gasteiger partial charge in [-0.15, -0.1) is 0 Å². The van der Waals surface area contributed by atoms with Gasteiger partial charge in [-0.05, 0) is 70.9 Å². The molecule has 0 bridgehead atoms. The van der Waals surface area contributed by atoms with Crippen LogP contribution in [0.1, 0.15) is 64.9 Å². The zero-order valence-electron chi connectivity index (χ0n) is 27.6. The highest BCUT2D eigenvalue weighted by atomic mass is 35.5. The molecule has 3 heterocycles. The average Bonchev–Trinajstić information content (AvgIpc) is 3.61. The van der Waals surface area contributed by atoms with E-state index in [2.05, 4.69) is 5.16 Å². The Morgan fingerprint density at radius 1 is 1.02 bits per heavy atom. The fourth-order valence-corrected chi connectivity index (χ4v) is 7.24. The molecule has 3 atom stereocenters. The lowest BCUT2D eigenvalue weighted by Crippen LogP contribution is -2.62. The Bertz CT molecular complexity index is 1950. The Balaban J connectivity index is 1.41. The lowest BCUT2D eigenvalue weighted by molar-refractivity contribution is -0.153. The van der Waals surface area contributed by atoms with Gasteiger partial charge in [0.2, 0.25) is 12.0 Å². The first-order chi connectivity index (χ1) is 23.9. The van der Waals surface area contributed by atoms with Crippen LogP contribution >= 0.6 is 11.6 Å². The molecule has 3 aromatic carbocycles. The first-order valence-corrected chi connectivity index (χ1v) is 16.7. The zero-order chi connectivity index (χ0) is 35.9. The summed E-state index contributed by atoms with van der Waals surface area (Å²) in [4.78, 5) is 61.8. The molecule has 11 nitrogen and oxygen atoms in total. The second-order valence-corrected chi connectivity index (χ2v) is 13.4. The van der Waals surface area contributed by atoms with Gasteiger partial charge in [0.1, 0.15) is 0 Å². The molecule has 0 fully saturated rings. The molecule has 6 rings (SSSR count). The average molecular weight is 702 g/mol. The van der Waals surface area contributed by atoms with Gasteiger partial charge in [-0.1, -0.05) is 73.1 Å². The maximum Gasteiger partial charge on any atom is 0.335 e. The quantitative estimate of drug-likeness (QED) is 0.318. The van der Waals surface area contributed by atoms with E-state index < -0.39 is 41.3 Å². The smallest absolute Gasteiger partial charge is 0.335 e. The van der Waals surface area contributed by atoms with Gasteiger partial charge >= 0.3 is 5.97 Å². The summed E-state index contributed by atoms with van der Waals surface area (Å²) in [5.74, 6) is -3.43. The van der Waals surface area contributed by atoms with Gasteiger partial charge in [-0.2, -0.15) is 0 Å². The van der Waals surface area contributed by atoms with Gasteiger partial charge < -0.3 is 31.2 Å². The lowest BCUT2D eigenvalue weighted by Gasteiger charge is -2.47. The molecule has 3 amide bonds. The SMILES string of the molecule is CC(C)[C@H](N)C(=O)N1CC=C(c2cccc3c2CCN(C(=O)[C@H]2CC(c4cccc(Cl)c4F)=NO2)[C@@]3(C(N)=O)c2ccc(C(=O)O)cc2)CC1. The number of carbonyl (C=O) groups is 4. The van der Waals surface area contributed by atoms with E-state index in [1.54, 1.807) is 23.1 Å². The number of hydrogen-bond donors (Lipinski definition) is 3. The number of nitrogens with two attached hydrogens (primary N) is 2. The van der Waals surface area contributed by atoms with Gasteiger partial charge in [0.15, 0.2) is 11.4 Å². The standard InChI is InChI=1S/C37H37ClFN5O6/c1-20(2)32(40)34(46)43-16-13-21(14-17-43)24-5-3-7-27-25(24)15-18-44(37(27,36(41)49)23-11-9-22(10-12-23)35(47)48)33(45)30-19-29(42-50-30)26-6-4-8-28(38)31(26)39/h3-13,20,30,32H,14-19,40H2,1-2H3,(H2,41,49)(H,47,48)/t30-,32+,37+/m1/s1. The van der Waals surface area contributed by atoms with Crippen molar-refractivity contribution >= 4 is 46.6 Å². The molecular formula is C37H37ClFN5O6. The molecule has 3 aliphatic rings. The van der Waals surface area contributed by atoms with Crippen molar-refractivity contribution in [1.82, 2.24) is 9.80 Å². The van der Waals surface area contributed by atoms with Crippen LogP contribution in [-0.2, 0) is 31.2 Å². The Hall–Kier alpha value is -5.07. The largest absolute Gasteiger partial charge is 0.478 e. The van der Waals surface area contributed by atoms with Gasteiger partial charge in [-0.3, -0.25) is 14.4 Å². The van der Waals surface area contributed by atoms with Crippen molar-refractivity contribution in [1.29, 1.82) is 0 Å². The summed E-state index contributed by atoms with van der Waals surface area (Å²) in [6.45, 7) is 4.69. The first-order valence-electron chi connectivity index (χ1n) is 16.3. The van der Waals surface area contributed by atoms with E-state index in [9.17, 15) is 28.7 Å². The van der Waals surface area contributed by atoms with E-state index in [1.807, 2.05) is 26.0 Å². The van der Waals surface area contributed by atoms with Gasteiger partial charge in [0, 0.05) is 31.6 Å². The third kappa shape index (κ3) is 5.92. The fourth-order valence-electron chi connectivity index (χ4n) is 7.06. The molecule has 13 heteroatoms. The van der Waals surface area contributed by atoms with Crippen LogP contribution in [0, 0.1) is 11.7 Å². The monoisotopic (exact) mass is 701 g/mol. The summed E-state index contributed by atoms with van der Waals surface area (Å²) < 4.78 is 14.9. The molecule has 50 heavy (non-hydrogen) atoms. The van der Waals surface area contributed by atoms with Crippen LogP contribution in [0.5, 0.6) is 0 Å². The lowest BCUT2D eigenvalue weighted by atomic mass is 9.72. The molecule has 3 aromatic rings. The molecular weight excluding hydrogens is 665 g/mol. The summed E-state index contributed by atoms with van der Waals surface area (Å²) in [7, 11) is 0. The van der Waals surface area contributed by atoms with Crippen LogP contribution in [0.25, 0.3) is 5.57 Å². The highest BCUT2D eigenvalue weighted by molar-refractivity contribution is 6.31. The maximum absolute atomic E-state index is 14.9. The molecule has 0 spiro atoms. The number of aromatic carboxylic acids is 1. The van der Waals surface area contributed by atoms with Gasteiger partial charge in [-0.25, -0.2) is 9.18 Å². The van der Waals surface area contributed by atoms with E-state index in [1.165, 1.54) is 41.3 Å². The molecule has 5 N–H and O–H groups in total. The van der Waals surface area contributed by atoms with Crippen molar-refractivity contribution in [3.05, 3.63) is 111 Å².